The highest BCUT2D eigenvalue weighted by Gasteiger charge is 2.32. The highest BCUT2D eigenvalue weighted by Crippen LogP contribution is 2.27. The molecule has 0 aliphatic carbocycles. The highest BCUT2D eigenvalue weighted by molar-refractivity contribution is 7.99. The summed E-state index contributed by atoms with van der Waals surface area (Å²) in [7, 11) is 0. The van der Waals surface area contributed by atoms with Crippen LogP contribution in [0, 0.1) is 0 Å². The van der Waals surface area contributed by atoms with Crippen LogP contribution in [0.4, 0.5) is 0 Å². The zero-order valence-corrected chi connectivity index (χ0v) is 11.4. The minimum Gasteiger partial charge on any atom is -0.387 e. The van der Waals surface area contributed by atoms with Gasteiger partial charge in [-0.15, -0.1) is 11.3 Å². The highest BCUT2D eigenvalue weighted by atomic mass is 32.2. The first-order valence-electron chi connectivity index (χ1n) is 5.66. The SMILES string of the molecule is CCc1ncc(C(=O)NCC2(O)CCSC2)s1. The van der Waals surface area contributed by atoms with Crippen molar-refractivity contribution in [1.82, 2.24) is 10.3 Å². The van der Waals surface area contributed by atoms with Crippen molar-refractivity contribution in [3.8, 4) is 0 Å². The van der Waals surface area contributed by atoms with Crippen LogP contribution in [0.3, 0.4) is 0 Å². The number of carbonyl (C=O) groups is 1. The second-order valence-electron chi connectivity index (χ2n) is 4.18. The molecule has 1 aromatic heterocycles. The number of thiazole rings is 1. The van der Waals surface area contributed by atoms with Crippen molar-refractivity contribution < 1.29 is 9.90 Å². The first kappa shape index (κ1) is 12.9. The van der Waals surface area contributed by atoms with E-state index in [0.29, 0.717) is 17.2 Å². The Bertz CT molecular complexity index is 400. The quantitative estimate of drug-likeness (QED) is 0.867. The number of nitrogens with one attached hydrogen (secondary N) is 1. The maximum Gasteiger partial charge on any atom is 0.263 e. The standard InChI is InChI=1S/C11H16N2O2S2/c1-2-9-12-5-8(17-9)10(14)13-6-11(15)3-4-16-7-11/h5,15H,2-4,6-7H2,1H3,(H,13,14). The molecule has 1 fully saturated rings. The zero-order valence-electron chi connectivity index (χ0n) is 9.73. The van der Waals surface area contributed by atoms with Gasteiger partial charge in [-0.05, 0) is 18.6 Å². The Balaban J connectivity index is 1.88. The molecule has 4 nitrogen and oxygen atoms in total. The second kappa shape index (κ2) is 5.37. The molecule has 0 aromatic carbocycles. The predicted octanol–water partition coefficient (Wildman–Crippen LogP) is 1.30. The van der Waals surface area contributed by atoms with E-state index in [4.69, 9.17) is 0 Å². The zero-order chi connectivity index (χ0) is 12.3. The summed E-state index contributed by atoms with van der Waals surface area (Å²) >= 11 is 3.14. The molecule has 1 unspecified atom stereocenters. The van der Waals surface area contributed by atoms with Crippen LogP contribution >= 0.6 is 23.1 Å². The third-order valence-corrected chi connectivity index (χ3v) is 5.12. The molecule has 2 N–H and O–H groups in total. The van der Waals surface area contributed by atoms with Crippen molar-refractivity contribution in [3.63, 3.8) is 0 Å². The van der Waals surface area contributed by atoms with Crippen molar-refractivity contribution in [2.75, 3.05) is 18.1 Å². The Morgan fingerprint density at radius 3 is 3.12 bits per heavy atom. The monoisotopic (exact) mass is 272 g/mol. The van der Waals surface area contributed by atoms with Gasteiger partial charge >= 0.3 is 0 Å². The van der Waals surface area contributed by atoms with Crippen LogP contribution in [0.25, 0.3) is 0 Å². The number of aliphatic hydroxyl groups is 1. The molecule has 0 radical (unpaired) electrons. The summed E-state index contributed by atoms with van der Waals surface area (Å²) in [4.78, 5) is 16.6. The van der Waals surface area contributed by atoms with Gasteiger partial charge in [-0.2, -0.15) is 11.8 Å². The van der Waals surface area contributed by atoms with E-state index < -0.39 is 5.60 Å². The van der Waals surface area contributed by atoms with Gasteiger partial charge in [0.15, 0.2) is 0 Å². The van der Waals surface area contributed by atoms with E-state index >= 15 is 0 Å². The van der Waals surface area contributed by atoms with Gasteiger partial charge in [-0.25, -0.2) is 4.98 Å². The fourth-order valence-corrected chi connectivity index (χ4v) is 3.72. The van der Waals surface area contributed by atoms with Crippen LogP contribution in [0.1, 0.15) is 28.0 Å². The molecule has 1 aliphatic heterocycles. The predicted molar refractivity (Wildman–Crippen MR) is 70.7 cm³/mol. The van der Waals surface area contributed by atoms with E-state index in [1.165, 1.54) is 11.3 Å². The van der Waals surface area contributed by atoms with Crippen LogP contribution in [0.2, 0.25) is 0 Å². The molecule has 0 saturated carbocycles. The van der Waals surface area contributed by atoms with Gasteiger partial charge in [0.05, 0.1) is 16.8 Å². The molecule has 1 amide bonds. The molecule has 1 aliphatic rings. The number of aryl methyl sites for hydroxylation is 1. The van der Waals surface area contributed by atoms with Crippen molar-refractivity contribution in [1.29, 1.82) is 0 Å². The molecule has 6 heteroatoms. The molecule has 1 saturated heterocycles. The molecule has 2 rings (SSSR count). The van der Waals surface area contributed by atoms with Gasteiger partial charge in [-0.3, -0.25) is 4.79 Å². The van der Waals surface area contributed by atoms with Crippen LogP contribution in [-0.4, -0.2) is 39.6 Å². The molecular weight excluding hydrogens is 256 g/mol. The minimum atomic E-state index is -0.724. The molecular formula is C11H16N2O2S2. The largest absolute Gasteiger partial charge is 0.387 e. The molecule has 1 aromatic rings. The lowest BCUT2D eigenvalue weighted by atomic mass is 10.0. The first-order chi connectivity index (χ1) is 8.13. The summed E-state index contributed by atoms with van der Waals surface area (Å²) in [6.45, 7) is 2.34. The Morgan fingerprint density at radius 2 is 2.53 bits per heavy atom. The Hall–Kier alpha value is -0.590. The second-order valence-corrected chi connectivity index (χ2v) is 6.40. The van der Waals surface area contributed by atoms with Gasteiger partial charge in [0.25, 0.3) is 5.91 Å². The van der Waals surface area contributed by atoms with E-state index in [1.54, 1.807) is 18.0 Å². The number of hydrogen-bond donors (Lipinski definition) is 2. The molecule has 0 bridgehead atoms. The summed E-state index contributed by atoms with van der Waals surface area (Å²) in [5.41, 5.74) is -0.724. The molecule has 17 heavy (non-hydrogen) atoms. The number of nitrogens with zero attached hydrogens (tertiary/aromatic N) is 1. The average Bonchev–Trinajstić information content (AvgIpc) is 2.95. The Morgan fingerprint density at radius 1 is 1.71 bits per heavy atom. The lowest BCUT2D eigenvalue weighted by molar-refractivity contribution is 0.0614. The number of amides is 1. The number of carbonyl (C=O) groups excluding carboxylic acids is 1. The van der Waals surface area contributed by atoms with Gasteiger partial charge in [0, 0.05) is 12.3 Å². The fourth-order valence-electron chi connectivity index (χ4n) is 1.65. The van der Waals surface area contributed by atoms with Gasteiger partial charge in [-0.1, -0.05) is 6.92 Å². The van der Waals surface area contributed by atoms with Crippen LogP contribution < -0.4 is 5.32 Å². The normalized spacial score (nSPS) is 23.9. The van der Waals surface area contributed by atoms with E-state index in [2.05, 4.69) is 10.3 Å². The maximum atomic E-state index is 11.8. The summed E-state index contributed by atoms with van der Waals surface area (Å²) < 4.78 is 0. The lowest BCUT2D eigenvalue weighted by Gasteiger charge is -2.21. The van der Waals surface area contributed by atoms with Crippen LogP contribution in [0.15, 0.2) is 6.20 Å². The number of thioether (sulfide) groups is 1. The van der Waals surface area contributed by atoms with Crippen LogP contribution in [0.5, 0.6) is 0 Å². The van der Waals surface area contributed by atoms with Gasteiger partial charge in [0.1, 0.15) is 4.88 Å². The lowest BCUT2D eigenvalue weighted by Crippen LogP contribution is -2.42. The first-order valence-corrected chi connectivity index (χ1v) is 7.63. The van der Waals surface area contributed by atoms with Gasteiger partial charge in [0.2, 0.25) is 0 Å². The van der Waals surface area contributed by atoms with Crippen LogP contribution in [-0.2, 0) is 6.42 Å². The smallest absolute Gasteiger partial charge is 0.263 e. The fraction of sp³-hybridized carbons (Fsp3) is 0.636. The Labute approximate surface area is 109 Å². The minimum absolute atomic E-state index is 0.132. The molecule has 2 heterocycles. The average molecular weight is 272 g/mol. The van der Waals surface area contributed by atoms with E-state index in [1.807, 2.05) is 6.92 Å². The molecule has 94 valence electrons. The van der Waals surface area contributed by atoms with Gasteiger partial charge < -0.3 is 10.4 Å². The number of rotatable bonds is 4. The third-order valence-electron chi connectivity index (χ3n) is 2.74. The van der Waals surface area contributed by atoms with Crippen molar-refractivity contribution in [2.24, 2.45) is 0 Å². The maximum absolute atomic E-state index is 11.8. The third kappa shape index (κ3) is 3.20. The summed E-state index contributed by atoms with van der Waals surface area (Å²) in [6, 6.07) is 0. The molecule has 1 atom stereocenters. The van der Waals surface area contributed by atoms with Crippen molar-refractivity contribution >= 4 is 29.0 Å². The number of aromatic nitrogens is 1. The van der Waals surface area contributed by atoms with E-state index in [0.717, 1.165) is 23.6 Å². The topological polar surface area (TPSA) is 62.2 Å². The van der Waals surface area contributed by atoms with E-state index in [-0.39, 0.29) is 5.91 Å². The van der Waals surface area contributed by atoms with Crippen molar-refractivity contribution in [3.05, 3.63) is 16.1 Å². The van der Waals surface area contributed by atoms with E-state index in [9.17, 15) is 9.90 Å². The summed E-state index contributed by atoms with van der Waals surface area (Å²) in [5.74, 6) is 1.54. The summed E-state index contributed by atoms with van der Waals surface area (Å²) in [6.07, 6.45) is 3.20. The number of hydrogen-bond acceptors (Lipinski definition) is 5. The Kier molecular flexibility index (Phi) is 4.06. The summed E-state index contributed by atoms with van der Waals surface area (Å²) in [5, 5.41) is 13.8. The van der Waals surface area contributed by atoms with Crippen molar-refractivity contribution in [2.45, 2.75) is 25.4 Å². The molecule has 0 spiro atoms.